The molecule has 0 bridgehead atoms. The van der Waals surface area contributed by atoms with Crippen molar-refractivity contribution in [3.63, 3.8) is 0 Å². The highest BCUT2D eigenvalue weighted by Crippen LogP contribution is 2.19. The van der Waals surface area contributed by atoms with E-state index in [1.807, 2.05) is 13.0 Å². The smallest absolute Gasteiger partial charge is 0.313 e. The first-order valence-electron chi connectivity index (χ1n) is 7.63. The van der Waals surface area contributed by atoms with Gasteiger partial charge in [0.25, 0.3) is 0 Å². The number of nitrogens with one attached hydrogen (secondary N) is 1. The third-order valence-corrected chi connectivity index (χ3v) is 3.97. The van der Waals surface area contributed by atoms with Crippen molar-refractivity contribution in [2.45, 2.75) is 32.0 Å². The molecule has 9 heteroatoms. The van der Waals surface area contributed by atoms with Crippen LogP contribution in [0.25, 0.3) is 0 Å². The predicted molar refractivity (Wildman–Crippen MR) is 87.6 cm³/mol. The maximum atomic E-state index is 11.7. The highest BCUT2D eigenvalue weighted by atomic mass is 32.2. The lowest BCUT2D eigenvalue weighted by Crippen LogP contribution is -2.24. The molecule has 2 heterocycles. The molecule has 0 spiro atoms. The summed E-state index contributed by atoms with van der Waals surface area (Å²) in [6.07, 6.45) is 1.59. The van der Waals surface area contributed by atoms with Crippen LogP contribution in [0.4, 0.5) is 0 Å². The minimum Gasteiger partial charge on any atom is -0.467 e. The number of carbonyl (C=O) groups is 2. The Bertz CT molecular complexity index is 669. The van der Waals surface area contributed by atoms with E-state index >= 15 is 0 Å². The van der Waals surface area contributed by atoms with Crippen molar-refractivity contribution in [2.75, 3.05) is 18.9 Å². The van der Waals surface area contributed by atoms with Gasteiger partial charge in [0.15, 0.2) is 5.16 Å². The van der Waals surface area contributed by atoms with Gasteiger partial charge >= 0.3 is 5.97 Å². The number of ether oxygens (including phenoxy) is 1. The zero-order chi connectivity index (χ0) is 17.4. The van der Waals surface area contributed by atoms with Crippen molar-refractivity contribution in [2.24, 2.45) is 0 Å². The van der Waals surface area contributed by atoms with E-state index in [0.29, 0.717) is 36.4 Å². The van der Waals surface area contributed by atoms with Gasteiger partial charge in [-0.05, 0) is 26.0 Å². The van der Waals surface area contributed by atoms with Gasteiger partial charge in [0.1, 0.15) is 18.0 Å². The molecule has 0 aliphatic rings. The standard InChI is InChI=1S/C15H20N4O4S/c1-3-16-13(20)10-24-15-18-17-12(8-14(21)22-4-2)19(15)9-11-6-5-7-23-11/h5-7H,3-4,8-10H2,1-2H3,(H,16,20). The van der Waals surface area contributed by atoms with E-state index in [2.05, 4.69) is 15.5 Å². The maximum Gasteiger partial charge on any atom is 0.313 e. The van der Waals surface area contributed by atoms with Crippen LogP contribution in [-0.2, 0) is 27.3 Å². The molecule has 24 heavy (non-hydrogen) atoms. The number of nitrogens with zero attached hydrogens (tertiary/aromatic N) is 3. The number of aromatic nitrogens is 3. The highest BCUT2D eigenvalue weighted by molar-refractivity contribution is 7.99. The van der Waals surface area contributed by atoms with Crippen LogP contribution in [0.1, 0.15) is 25.4 Å². The number of thioether (sulfide) groups is 1. The number of amides is 1. The van der Waals surface area contributed by atoms with Crippen molar-refractivity contribution in [3.8, 4) is 0 Å². The van der Waals surface area contributed by atoms with Crippen LogP contribution < -0.4 is 5.32 Å². The molecule has 2 aromatic heterocycles. The van der Waals surface area contributed by atoms with Gasteiger partial charge in [-0.25, -0.2) is 0 Å². The first-order valence-corrected chi connectivity index (χ1v) is 8.62. The Morgan fingerprint density at radius 1 is 1.38 bits per heavy atom. The summed E-state index contributed by atoms with van der Waals surface area (Å²) in [4.78, 5) is 23.4. The second kappa shape index (κ2) is 9.11. The summed E-state index contributed by atoms with van der Waals surface area (Å²) in [5.41, 5.74) is 0. The minimum absolute atomic E-state index is 0.0171. The van der Waals surface area contributed by atoms with Gasteiger partial charge in [-0.2, -0.15) is 0 Å². The van der Waals surface area contributed by atoms with Gasteiger partial charge in [-0.1, -0.05) is 11.8 Å². The average Bonchev–Trinajstić information content (AvgIpc) is 3.18. The largest absolute Gasteiger partial charge is 0.467 e. The number of carbonyl (C=O) groups excluding carboxylic acids is 2. The molecule has 130 valence electrons. The molecule has 1 amide bonds. The molecule has 2 rings (SSSR count). The molecule has 0 atom stereocenters. The Morgan fingerprint density at radius 2 is 2.21 bits per heavy atom. The zero-order valence-corrected chi connectivity index (χ0v) is 14.5. The maximum absolute atomic E-state index is 11.7. The SMILES string of the molecule is CCNC(=O)CSc1nnc(CC(=O)OCC)n1Cc1ccco1. The van der Waals surface area contributed by atoms with Gasteiger partial charge in [-0.15, -0.1) is 10.2 Å². The molecule has 0 saturated carbocycles. The molecule has 0 aromatic carbocycles. The average molecular weight is 352 g/mol. The summed E-state index contributed by atoms with van der Waals surface area (Å²) in [7, 11) is 0. The Kier molecular flexibility index (Phi) is 6.86. The number of furan rings is 1. The van der Waals surface area contributed by atoms with Crippen molar-refractivity contribution in [1.29, 1.82) is 0 Å². The molecular weight excluding hydrogens is 332 g/mol. The van der Waals surface area contributed by atoms with Crippen LogP contribution in [-0.4, -0.2) is 45.5 Å². The van der Waals surface area contributed by atoms with E-state index < -0.39 is 0 Å². The van der Waals surface area contributed by atoms with E-state index in [4.69, 9.17) is 9.15 Å². The lowest BCUT2D eigenvalue weighted by atomic mass is 10.4. The second-order valence-electron chi connectivity index (χ2n) is 4.79. The van der Waals surface area contributed by atoms with Crippen molar-refractivity contribution >= 4 is 23.6 Å². The summed E-state index contributed by atoms with van der Waals surface area (Å²) >= 11 is 1.26. The van der Waals surface area contributed by atoms with Gasteiger partial charge < -0.3 is 14.5 Å². The van der Waals surface area contributed by atoms with Crippen LogP contribution in [0.3, 0.4) is 0 Å². The third kappa shape index (κ3) is 5.12. The Labute approximate surface area is 144 Å². The number of esters is 1. The molecular formula is C15H20N4O4S. The lowest BCUT2D eigenvalue weighted by Gasteiger charge is -2.08. The Hall–Kier alpha value is -2.29. The molecule has 0 saturated heterocycles. The molecule has 1 N–H and O–H groups in total. The summed E-state index contributed by atoms with van der Waals surface area (Å²) < 4.78 is 12.1. The van der Waals surface area contributed by atoms with Crippen molar-refractivity contribution in [1.82, 2.24) is 20.1 Å². The second-order valence-corrected chi connectivity index (χ2v) is 5.73. The topological polar surface area (TPSA) is 99.3 Å². The Balaban J connectivity index is 2.14. The first kappa shape index (κ1) is 18.1. The fourth-order valence-electron chi connectivity index (χ4n) is 1.99. The highest BCUT2D eigenvalue weighted by Gasteiger charge is 2.18. The van der Waals surface area contributed by atoms with Crippen LogP contribution in [0.15, 0.2) is 28.0 Å². The quantitative estimate of drug-likeness (QED) is 0.535. The van der Waals surface area contributed by atoms with Gasteiger partial charge in [0, 0.05) is 6.54 Å². The molecule has 0 fully saturated rings. The normalized spacial score (nSPS) is 10.6. The minimum atomic E-state index is -0.370. The summed E-state index contributed by atoms with van der Waals surface area (Å²) in [6.45, 7) is 4.88. The van der Waals surface area contributed by atoms with Gasteiger partial charge in [0.2, 0.25) is 5.91 Å². The number of hydrogen-bond donors (Lipinski definition) is 1. The van der Waals surface area contributed by atoms with E-state index in [1.54, 1.807) is 23.8 Å². The van der Waals surface area contributed by atoms with Crippen LogP contribution in [0.2, 0.25) is 0 Å². The van der Waals surface area contributed by atoms with Crippen molar-refractivity contribution in [3.05, 3.63) is 30.0 Å². The first-order chi connectivity index (χ1) is 11.6. The summed E-state index contributed by atoms with van der Waals surface area (Å²) in [5, 5.41) is 11.4. The third-order valence-electron chi connectivity index (χ3n) is 3.00. The van der Waals surface area contributed by atoms with E-state index in [1.165, 1.54) is 11.8 Å². The molecule has 0 radical (unpaired) electrons. The molecule has 0 aliphatic carbocycles. The molecule has 0 unspecified atom stereocenters. The van der Waals surface area contributed by atoms with E-state index in [-0.39, 0.29) is 24.1 Å². The van der Waals surface area contributed by atoms with Gasteiger partial charge in [-0.3, -0.25) is 14.2 Å². The van der Waals surface area contributed by atoms with Crippen LogP contribution in [0.5, 0.6) is 0 Å². The summed E-state index contributed by atoms with van der Waals surface area (Å²) in [6, 6.07) is 3.61. The molecule has 0 aliphatic heterocycles. The Morgan fingerprint density at radius 3 is 2.88 bits per heavy atom. The fraction of sp³-hybridized carbons (Fsp3) is 0.467. The molecule has 8 nitrogen and oxygen atoms in total. The van der Waals surface area contributed by atoms with E-state index in [0.717, 1.165) is 0 Å². The fourth-order valence-corrected chi connectivity index (χ4v) is 2.78. The summed E-state index contributed by atoms with van der Waals surface area (Å²) in [5.74, 6) is 0.958. The van der Waals surface area contributed by atoms with Gasteiger partial charge in [0.05, 0.1) is 25.2 Å². The number of rotatable bonds is 9. The predicted octanol–water partition coefficient (Wildman–Crippen LogP) is 1.25. The monoisotopic (exact) mass is 352 g/mol. The van der Waals surface area contributed by atoms with Crippen molar-refractivity contribution < 1.29 is 18.7 Å². The van der Waals surface area contributed by atoms with E-state index in [9.17, 15) is 9.59 Å². The lowest BCUT2D eigenvalue weighted by molar-refractivity contribution is -0.142. The van der Waals surface area contributed by atoms with Crippen LogP contribution >= 0.6 is 11.8 Å². The number of hydrogen-bond acceptors (Lipinski definition) is 7. The van der Waals surface area contributed by atoms with Crippen LogP contribution in [0, 0.1) is 0 Å². The molecule has 2 aromatic rings. The zero-order valence-electron chi connectivity index (χ0n) is 13.7.